The quantitative estimate of drug-likeness (QED) is 0.643. The topological polar surface area (TPSA) is 72.4 Å². The molecule has 1 N–H and O–H groups in total. The van der Waals surface area contributed by atoms with Crippen LogP contribution in [0.1, 0.15) is 66.6 Å². The number of carbonyl (C=O) groups excluding carboxylic acids is 1. The van der Waals surface area contributed by atoms with Crippen LogP contribution in [0.3, 0.4) is 0 Å². The van der Waals surface area contributed by atoms with E-state index in [1.165, 1.54) is 25.9 Å². The Hall–Kier alpha value is -2.79. The number of nitrogens with zero attached hydrogens (tertiary/aromatic N) is 3. The van der Waals surface area contributed by atoms with E-state index >= 15 is 4.39 Å². The number of piperidine rings is 1. The molecule has 3 aliphatic heterocycles. The highest BCUT2D eigenvalue weighted by atomic mass is 19.1. The van der Waals surface area contributed by atoms with E-state index in [-0.39, 0.29) is 23.1 Å². The molecule has 192 valence electrons. The van der Waals surface area contributed by atoms with Gasteiger partial charge in [0.25, 0.3) is 0 Å². The Balaban J connectivity index is 1.25. The number of likely N-dealkylation sites (tertiary alicyclic amines) is 2. The Morgan fingerprint density at radius 1 is 1.08 bits per heavy atom. The van der Waals surface area contributed by atoms with Crippen LogP contribution in [0, 0.1) is 11.3 Å². The molecule has 37 heavy (non-hydrogen) atoms. The second kappa shape index (κ2) is 8.90. The molecule has 3 fully saturated rings. The number of carbonyl (C=O) groups is 1. The van der Waals surface area contributed by atoms with Crippen molar-refractivity contribution in [3.63, 3.8) is 0 Å². The molecule has 7 heteroatoms. The lowest BCUT2D eigenvalue weighted by Gasteiger charge is -2.47. The molecule has 0 radical (unpaired) electrons. The minimum absolute atomic E-state index is 0.0978. The number of halogens is 1. The average molecular weight is 501 g/mol. The van der Waals surface area contributed by atoms with Gasteiger partial charge in [-0.25, -0.2) is 4.39 Å². The number of hydrogen-bond acceptors (Lipinski definition) is 5. The lowest BCUT2D eigenvalue weighted by Crippen LogP contribution is -2.50. The lowest BCUT2D eigenvalue weighted by atomic mass is 9.61. The lowest BCUT2D eigenvalue weighted by molar-refractivity contribution is 0.0537. The first-order chi connectivity index (χ1) is 18.1. The van der Waals surface area contributed by atoms with Crippen molar-refractivity contribution in [2.24, 2.45) is 0 Å². The predicted molar refractivity (Wildman–Crippen MR) is 139 cm³/mol. The predicted octanol–water partition coefficient (Wildman–Crippen LogP) is 4.77. The molecule has 1 atom stereocenters. The molecule has 4 heterocycles. The third kappa shape index (κ3) is 3.57. The maximum Gasteiger partial charge on any atom is 0.195 e. The standard InChI is InChI=1S/C30H33FN4O2/c31-24-16-22-23(17-26(24)35-11-5-20(6-12-35)34-9-1-2-10-34)30(7-13-37-14-8-30)29-27(28(22)36)21-4-3-19(18-32)15-25(21)33-29/h3-4,15-16,20,26,33H,1-2,5-14,17H2. The first-order valence-electron chi connectivity index (χ1n) is 13.9. The summed E-state index contributed by atoms with van der Waals surface area (Å²) < 4.78 is 21.6. The maximum atomic E-state index is 15.8. The van der Waals surface area contributed by atoms with Gasteiger partial charge in [-0.15, -0.1) is 0 Å². The van der Waals surface area contributed by atoms with Crippen LogP contribution in [-0.4, -0.2) is 72.0 Å². The molecular formula is C30H33FN4O2. The summed E-state index contributed by atoms with van der Waals surface area (Å²) in [7, 11) is 0. The first kappa shape index (κ1) is 23.3. The number of aromatic amines is 1. The first-order valence-corrected chi connectivity index (χ1v) is 13.9. The Kier molecular flexibility index (Phi) is 5.62. The van der Waals surface area contributed by atoms with Crippen LogP contribution in [0.5, 0.6) is 0 Å². The number of allylic oxidation sites excluding steroid dienone is 2. The van der Waals surface area contributed by atoms with Gasteiger partial charge in [0.05, 0.1) is 23.2 Å². The third-order valence-electron chi connectivity index (χ3n) is 9.72. The largest absolute Gasteiger partial charge is 0.381 e. The van der Waals surface area contributed by atoms with Crippen molar-refractivity contribution in [3.05, 3.63) is 58.1 Å². The minimum atomic E-state index is -0.369. The van der Waals surface area contributed by atoms with Gasteiger partial charge in [0.15, 0.2) is 5.78 Å². The van der Waals surface area contributed by atoms with Gasteiger partial charge in [0, 0.05) is 59.9 Å². The zero-order valence-corrected chi connectivity index (χ0v) is 21.2. The van der Waals surface area contributed by atoms with Crippen molar-refractivity contribution < 1.29 is 13.9 Å². The fraction of sp³-hybridized carbons (Fsp3) is 0.533. The van der Waals surface area contributed by atoms with Crippen LogP contribution < -0.4 is 0 Å². The number of nitrogens with one attached hydrogen (secondary N) is 1. The second-order valence-corrected chi connectivity index (χ2v) is 11.4. The number of rotatable bonds is 2. The molecule has 1 unspecified atom stereocenters. The van der Waals surface area contributed by atoms with E-state index < -0.39 is 0 Å². The summed E-state index contributed by atoms with van der Waals surface area (Å²) in [6.07, 6.45) is 8.40. The van der Waals surface area contributed by atoms with E-state index in [4.69, 9.17) is 4.74 Å². The van der Waals surface area contributed by atoms with Crippen molar-refractivity contribution in [1.29, 1.82) is 5.26 Å². The van der Waals surface area contributed by atoms with E-state index in [2.05, 4.69) is 20.9 Å². The summed E-state index contributed by atoms with van der Waals surface area (Å²) in [5.41, 5.74) is 4.19. The highest BCUT2D eigenvalue weighted by molar-refractivity contribution is 6.21. The monoisotopic (exact) mass is 500 g/mol. The number of H-pyrrole nitrogens is 1. The molecule has 0 bridgehead atoms. The summed E-state index contributed by atoms with van der Waals surface area (Å²) in [5, 5.41) is 10.2. The molecule has 3 saturated heterocycles. The Morgan fingerprint density at radius 2 is 1.84 bits per heavy atom. The summed E-state index contributed by atoms with van der Waals surface area (Å²) in [6.45, 7) is 5.42. The van der Waals surface area contributed by atoms with Crippen molar-refractivity contribution in [3.8, 4) is 6.07 Å². The van der Waals surface area contributed by atoms with Gasteiger partial charge < -0.3 is 14.6 Å². The number of nitriles is 1. The number of ketones is 1. The van der Waals surface area contributed by atoms with Crippen molar-refractivity contribution in [1.82, 2.24) is 14.8 Å². The molecule has 0 saturated carbocycles. The molecule has 0 amide bonds. The number of aromatic nitrogens is 1. The van der Waals surface area contributed by atoms with Gasteiger partial charge in [0.2, 0.25) is 0 Å². The highest BCUT2D eigenvalue weighted by Crippen LogP contribution is 2.53. The molecule has 6 nitrogen and oxygen atoms in total. The molecular weight excluding hydrogens is 467 g/mol. The van der Waals surface area contributed by atoms with Crippen molar-refractivity contribution >= 4 is 16.7 Å². The van der Waals surface area contributed by atoms with Crippen molar-refractivity contribution in [2.45, 2.75) is 62.4 Å². The van der Waals surface area contributed by atoms with Crippen molar-refractivity contribution in [2.75, 3.05) is 39.4 Å². The van der Waals surface area contributed by atoms with Gasteiger partial charge >= 0.3 is 0 Å². The Labute approximate surface area is 216 Å². The third-order valence-corrected chi connectivity index (χ3v) is 9.72. The summed E-state index contributed by atoms with van der Waals surface area (Å²) in [4.78, 5) is 22.4. The number of Topliss-reactive ketones (excluding diaryl/α,β-unsaturated/α-hetero) is 1. The van der Waals surface area contributed by atoms with Gasteiger partial charge in [0.1, 0.15) is 5.83 Å². The zero-order chi connectivity index (χ0) is 25.1. The summed E-state index contributed by atoms with van der Waals surface area (Å²) in [5.74, 6) is -0.275. The van der Waals surface area contributed by atoms with Crippen LogP contribution >= 0.6 is 0 Å². The summed E-state index contributed by atoms with van der Waals surface area (Å²) >= 11 is 0. The number of ether oxygens (including phenoxy) is 1. The molecule has 2 aliphatic carbocycles. The Morgan fingerprint density at radius 3 is 2.57 bits per heavy atom. The zero-order valence-electron chi connectivity index (χ0n) is 21.2. The van der Waals surface area contributed by atoms with E-state index in [0.717, 1.165) is 60.9 Å². The van der Waals surface area contributed by atoms with Gasteiger partial charge in [-0.3, -0.25) is 9.69 Å². The smallest absolute Gasteiger partial charge is 0.195 e. The van der Waals surface area contributed by atoms with Gasteiger partial charge in [-0.1, -0.05) is 6.07 Å². The minimum Gasteiger partial charge on any atom is -0.381 e. The molecule has 7 rings (SSSR count). The summed E-state index contributed by atoms with van der Waals surface area (Å²) in [6, 6.07) is 7.94. The fourth-order valence-electron chi connectivity index (χ4n) is 7.77. The van der Waals surface area contributed by atoms with Gasteiger partial charge in [-0.05, 0) is 81.8 Å². The number of fused-ring (bicyclic) bond motifs is 5. The number of benzene rings is 1. The second-order valence-electron chi connectivity index (χ2n) is 11.4. The van der Waals surface area contributed by atoms with E-state index in [1.54, 1.807) is 12.1 Å². The molecule has 1 aromatic heterocycles. The van der Waals surface area contributed by atoms with Crippen LogP contribution in [0.2, 0.25) is 0 Å². The SMILES string of the molecule is N#Cc1ccc2c3c([nH]c2c1)C1(CCOCC1)C1=C(C=C(F)C(N2CCC(N4CCCC4)CC2)C1)C3=O. The fourth-order valence-corrected chi connectivity index (χ4v) is 7.77. The van der Waals surface area contributed by atoms with Crippen LogP contribution in [0.15, 0.2) is 41.2 Å². The van der Waals surface area contributed by atoms with Crippen LogP contribution in [0.4, 0.5) is 4.39 Å². The van der Waals surface area contributed by atoms with Crippen LogP contribution in [-0.2, 0) is 10.2 Å². The number of hydrogen-bond donors (Lipinski definition) is 1. The Bertz CT molecular complexity index is 1360. The van der Waals surface area contributed by atoms with Crippen LogP contribution in [0.25, 0.3) is 10.9 Å². The average Bonchev–Trinajstić information content (AvgIpc) is 3.61. The molecule has 1 aromatic carbocycles. The van der Waals surface area contributed by atoms with E-state index in [9.17, 15) is 10.1 Å². The van der Waals surface area contributed by atoms with Gasteiger partial charge in [-0.2, -0.15) is 5.26 Å². The molecule has 1 spiro atoms. The van der Waals surface area contributed by atoms with E-state index in [0.29, 0.717) is 42.4 Å². The molecule has 2 aromatic rings. The maximum absolute atomic E-state index is 15.8. The highest BCUT2D eigenvalue weighted by Gasteiger charge is 2.50. The van der Waals surface area contributed by atoms with E-state index in [1.807, 2.05) is 12.1 Å². The normalized spacial score (nSPS) is 26.9. The molecule has 5 aliphatic rings.